The number of amides is 1. The lowest BCUT2D eigenvalue weighted by atomic mass is 9.89. The molecule has 5 nitrogen and oxygen atoms in total. The van der Waals surface area contributed by atoms with Crippen molar-refractivity contribution in [3.63, 3.8) is 0 Å². The van der Waals surface area contributed by atoms with Crippen molar-refractivity contribution in [2.24, 2.45) is 0 Å². The van der Waals surface area contributed by atoms with Crippen LogP contribution < -0.4 is 10.6 Å². The van der Waals surface area contributed by atoms with Gasteiger partial charge in [0.25, 0.3) is 12.9 Å². The quantitative estimate of drug-likeness (QED) is 0.490. The van der Waals surface area contributed by atoms with Crippen molar-refractivity contribution in [2.45, 2.75) is 23.9 Å². The third-order valence-corrected chi connectivity index (χ3v) is 5.52. The molecule has 2 fully saturated rings. The zero-order valence-electron chi connectivity index (χ0n) is 17.5. The molecule has 2 unspecified atom stereocenters. The third kappa shape index (κ3) is 5.18. The minimum absolute atomic E-state index is 0.0816. The molecule has 1 amide bonds. The Morgan fingerprint density at radius 2 is 1.21 bits per heavy atom. The molecular formula is C22H20F6N2O3S. The number of thiocarbonyl (C=S) groups is 1. The Hall–Kier alpha value is -2.70. The van der Waals surface area contributed by atoms with E-state index in [0.717, 1.165) is 12.1 Å². The van der Waals surface area contributed by atoms with Crippen LogP contribution in [0, 0.1) is 11.6 Å². The Kier molecular flexibility index (Phi) is 8.16. The summed E-state index contributed by atoms with van der Waals surface area (Å²) in [6.07, 6.45) is -5.78. The predicted octanol–water partition coefficient (Wildman–Crippen LogP) is 3.67. The molecule has 12 heteroatoms. The molecule has 34 heavy (non-hydrogen) atoms. The number of benzene rings is 2. The lowest BCUT2D eigenvalue weighted by Crippen LogP contribution is -2.59. The van der Waals surface area contributed by atoms with Gasteiger partial charge in [0, 0.05) is 11.1 Å². The molecule has 2 aromatic carbocycles. The van der Waals surface area contributed by atoms with Gasteiger partial charge in [0.2, 0.25) is 5.91 Å². The van der Waals surface area contributed by atoms with Crippen LogP contribution in [0.3, 0.4) is 0 Å². The van der Waals surface area contributed by atoms with Crippen molar-refractivity contribution in [1.82, 2.24) is 10.6 Å². The van der Waals surface area contributed by atoms with Gasteiger partial charge in [0.05, 0.1) is 19.8 Å². The van der Waals surface area contributed by atoms with E-state index < -0.39 is 48.1 Å². The molecule has 2 aromatic rings. The average Bonchev–Trinajstić information content (AvgIpc) is 2.79. The Morgan fingerprint density at radius 1 is 0.765 bits per heavy atom. The Morgan fingerprint density at radius 3 is 1.62 bits per heavy atom. The molecule has 0 saturated carbocycles. The van der Waals surface area contributed by atoms with Gasteiger partial charge < -0.3 is 20.1 Å². The number of ether oxygens (including phenoxy) is 2. The zero-order valence-corrected chi connectivity index (χ0v) is 18.3. The standard InChI is InChI=1S/C11H10F3NO2.C11H10F3NOS/c12-8-4-2-1-3-7(8)11(10(13)14)6-17-5-9(16)15-11;12-8-4-2-1-3-7(8)11(10(13)14)6-16-5-9(17)15-11/h1-4,10H,5-6H2,(H,15,16);1-4,10H,5-6H2,(H,15,17). The number of morpholine rings is 2. The molecule has 0 spiro atoms. The minimum atomic E-state index is -2.95. The van der Waals surface area contributed by atoms with E-state index in [1.807, 2.05) is 0 Å². The van der Waals surface area contributed by atoms with Crippen LogP contribution in [0.4, 0.5) is 26.3 Å². The summed E-state index contributed by atoms with van der Waals surface area (Å²) in [4.78, 5) is 11.3. The highest BCUT2D eigenvalue weighted by Gasteiger charge is 2.48. The fourth-order valence-corrected chi connectivity index (χ4v) is 3.92. The zero-order chi connectivity index (χ0) is 24.9. The van der Waals surface area contributed by atoms with Gasteiger partial charge in [-0.25, -0.2) is 26.3 Å². The van der Waals surface area contributed by atoms with Crippen LogP contribution in [-0.2, 0) is 25.3 Å². The summed E-state index contributed by atoms with van der Waals surface area (Å²) in [5.41, 5.74) is -4.37. The third-order valence-electron chi connectivity index (χ3n) is 5.30. The van der Waals surface area contributed by atoms with Gasteiger partial charge in [0.1, 0.15) is 23.2 Å². The Labute approximate surface area is 196 Å². The number of rotatable bonds is 4. The summed E-state index contributed by atoms with van der Waals surface area (Å²) in [5, 5.41) is 4.64. The van der Waals surface area contributed by atoms with Gasteiger partial charge in [-0.2, -0.15) is 0 Å². The molecule has 184 valence electrons. The van der Waals surface area contributed by atoms with Crippen LogP contribution in [0.1, 0.15) is 11.1 Å². The molecule has 0 radical (unpaired) electrons. The molecule has 0 aromatic heterocycles. The van der Waals surface area contributed by atoms with E-state index in [1.165, 1.54) is 36.4 Å². The monoisotopic (exact) mass is 506 g/mol. The van der Waals surface area contributed by atoms with E-state index in [2.05, 4.69) is 10.6 Å². The van der Waals surface area contributed by atoms with Crippen molar-refractivity contribution in [1.29, 1.82) is 0 Å². The van der Waals surface area contributed by atoms with E-state index in [9.17, 15) is 31.1 Å². The van der Waals surface area contributed by atoms with E-state index in [-0.39, 0.29) is 35.9 Å². The molecule has 2 heterocycles. The van der Waals surface area contributed by atoms with Gasteiger partial charge >= 0.3 is 0 Å². The van der Waals surface area contributed by atoms with E-state index in [4.69, 9.17) is 21.7 Å². The second-order valence-electron chi connectivity index (χ2n) is 7.59. The molecule has 2 aliphatic rings. The fraction of sp³-hybridized carbons (Fsp3) is 0.364. The molecule has 2 atom stereocenters. The maximum atomic E-state index is 13.6. The maximum absolute atomic E-state index is 13.6. The molecule has 2 aliphatic heterocycles. The van der Waals surface area contributed by atoms with Gasteiger partial charge in [-0.15, -0.1) is 0 Å². The van der Waals surface area contributed by atoms with Crippen molar-refractivity contribution >= 4 is 23.1 Å². The predicted molar refractivity (Wildman–Crippen MR) is 114 cm³/mol. The first-order valence-corrected chi connectivity index (χ1v) is 10.4. The molecule has 0 aliphatic carbocycles. The van der Waals surface area contributed by atoms with Gasteiger partial charge in [0.15, 0.2) is 11.1 Å². The van der Waals surface area contributed by atoms with Crippen molar-refractivity contribution in [2.75, 3.05) is 26.4 Å². The summed E-state index contributed by atoms with van der Waals surface area (Å²) in [5.74, 6) is -2.17. The highest BCUT2D eigenvalue weighted by Crippen LogP contribution is 2.33. The van der Waals surface area contributed by atoms with Gasteiger partial charge in [-0.05, 0) is 12.1 Å². The number of halogens is 6. The van der Waals surface area contributed by atoms with Crippen LogP contribution in [0.2, 0.25) is 0 Å². The highest BCUT2D eigenvalue weighted by molar-refractivity contribution is 7.80. The van der Waals surface area contributed by atoms with E-state index in [1.54, 1.807) is 0 Å². The number of carbonyl (C=O) groups excluding carboxylic acids is 1. The highest BCUT2D eigenvalue weighted by atomic mass is 32.1. The average molecular weight is 506 g/mol. The number of hydrogen-bond acceptors (Lipinski definition) is 4. The first kappa shape index (κ1) is 25.9. The Balaban J connectivity index is 0.000000191. The molecule has 0 bridgehead atoms. The van der Waals surface area contributed by atoms with Crippen LogP contribution in [0.5, 0.6) is 0 Å². The fourth-order valence-electron chi connectivity index (χ4n) is 3.66. The van der Waals surface area contributed by atoms with Crippen molar-refractivity contribution in [3.05, 3.63) is 71.3 Å². The van der Waals surface area contributed by atoms with Crippen molar-refractivity contribution in [3.8, 4) is 0 Å². The summed E-state index contributed by atoms with van der Waals surface area (Å²) in [6.45, 7) is -0.968. The minimum Gasteiger partial charge on any atom is -0.371 e. The lowest BCUT2D eigenvalue weighted by molar-refractivity contribution is -0.144. The van der Waals surface area contributed by atoms with Gasteiger partial charge in [-0.3, -0.25) is 4.79 Å². The van der Waals surface area contributed by atoms with Crippen LogP contribution in [-0.4, -0.2) is 50.2 Å². The largest absolute Gasteiger partial charge is 0.371 e. The van der Waals surface area contributed by atoms with E-state index in [0.29, 0.717) is 0 Å². The summed E-state index contributed by atoms with van der Waals surface area (Å²) in [6, 6.07) is 10.5. The Bertz CT molecular complexity index is 962. The first-order chi connectivity index (χ1) is 16.1. The molecule has 2 saturated heterocycles. The second-order valence-corrected chi connectivity index (χ2v) is 8.08. The van der Waals surface area contributed by atoms with Crippen LogP contribution in [0.15, 0.2) is 48.5 Å². The molecule has 4 rings (SSSR count). The number of carbonyl (C=O) groups is 1. The smallest absolute Gasteiger partial charge is 0.267 e. The first-order valence-electron chi connectivity index (χ1n) is 9.96. The van der Waals surface area contributed by atoms with Gasteiger partial charge in [-0.1, -0.05) is 48.6 Å². The van der Waals surface area contributed by atoms with Crippen LogP contribution >= 0.6 is 12.2 Å². The number of alkyl halides is 4. The molecular weight excluding hydrogens is 486 g/mol. The molecule has 2 N–H and O–H groups in total. The van der Waals surface area contributed by atoms with Crippen molar-refractivity contribution < 1.29 is 40.6 Å². The number of nitrogens with one attached hydrogen (secondary N) is 2. The maximum Gasteiger partial charge on any atom is 0.267 e. The summed E-state index contributed by atoms with van der Waals surface area (Å²) >= 11 is 4.83. The summed E-state index contributed by atoms with van der Waals surface area (Å²) in [7, 11) is 0. The van der Waals surface area contributed by atoms with E-state index >= 15 is 0 Å². The SMILES string of the molecule is Fc1ccccc1C1(C(F)F)COCC(=S)N1.O=C1COCC(c2ccccc2F)(C(F)F)N1. The number of hydrogen-bond donors (Lipinski definition) is 2. The second kappa shape index (κ2) is 10.7. The van der Waals surface area contributed by atoms with Crippen LogP contribution in [0.25, 0.3) is 0 Å². The topological polar surface area (TPSA) is 59.6 Å². The summed E-state index contributed by atoms with van der Waals surface area (Å²) < 4.78 is 89.8. The lowest BCUT2D eigenvalue weighted by Gasteiger charge is -2.38. The normalized spacial score (nSPS) is 24.8.